The Bertz CT molecular complexity index is 5640. The van der Waals surface area contributed by atoms with Gasteiger partial charge in [0, 0.05) is 97.3 Å². The molecule has 139 heavy (non-hydrogen) atoms. The molecule has 0 aliphatic heterocycles. The molecule has 12 N–H and O–H groups in total. The van der Waals surface area contributed by atoms with Crippen LogP contribution in [0.4, 0.5) is 57.0 Å². The SMILES string of the molecule is CC(C)(COC(F)F)Cc1nnc(-c2cccc(Cl)c2Cl)c(N)n1.CC(CO)(COCc1ccccc1F)Cc1nnc(-c2cccc(Cl)c2Cl)c(N)n1.CCCOCCOCC(C)(C)Nc1nnc(-c2cccc(Cl)c2Cl)c(N)n1.COCCOCC(C)(COCCOC)Cc1nnc(-c2cccc(Cl)c2Cl)c(N)n1.Nc1nc(CCCOCCOCCOC(F)F)nnc1-c1cccc(Cl)c1Cl. The number of nitrogens with two attached hydrogens (primary N) is 5. The van der Waals surface area contributed by atoms with Gasteiger partial charge in [-0.2, -0.15) is 22.5 Å². The van der Waals surface area contributed by atoms with E-state index >= 15 is 0 Å². The minimum Gasteiger partial charge on any atom is -0.396 e. The van der Waals surface area contributed by atoms with Gasteiger partial charge in [0.25, 0.3) is 0 Å². The molecule has 0 aliphatic rings. The van der Waals surface area contributed by atoms with E-state index in [2.05, 4.69) is 97.6 Å². The van der Waals surface area contributed by atoms with Crippen LogP contribution in [0.1, 0.15) is 90.2 Å². The fourth-order valence-corrected chi connectivity index (χ4v) is 14.2. The fraction of sp³-hybridized carbons (Fsp3) is 0.440. The third-order valence-electron chi connectivity index (χ3n) is 19.2. The number of aliphatic hydroxyl groups is 1. The van der Waals surface area contributed by atoms with Gasteiger partial charge in [-0.1, -0.05) is 229 Å². The van der Waals surface area contributed by atoms with Gasteiger partial charge in [-0.3, -0.25) is 0 Å². The number of aryl methyl sites for hydroxylation is 1. The van der Waals surface area contributed by atoms with E-state index < -0.39 is 29.6 Å². The molecule has 0 saturated carbocycles. The van der Waals surface area contributed by atoms with Gasteiger partial charge in [-0.05, 0) is 68.5 Å². The summed E-state index contributed by atoms with van der Waals surface area (Å²) in [6, 6.07) is 32.2. The van der Waals surface area contributed by atoms with E-state index in [1.165, 1.54) is 6.07 Å². The lowest BCUT2D eigenvalue weighted by atomic mass is 9.88. The molecule has 11 aromatic rings. The third kappa shape index (κ3) is 39.8. The van der Waals surface area contributed by atoms with Gasteiger partial charge in [0.1, 0.15) is 34.3 Å². The number of rotatable bonds is 49. The van der Waals surface area contributed by atoms with E-state index in [1.807, 2.05) is 27.7 Å². The Balaban J connectivity index is 0.000000237. The van der Waals surface area contributed by atoms with Crippen LogP contribution in [0.15, 0.2) is 115 Å². The highest BCUT2D eigenvalue weighted by molar-refractivity contribution is 6.46. The van der Waals surface area contributed by atoms with Crippen molar-refractivity contribution in [3.05, 3.63) is 200 Å². The molecule has 0 aliphatic carbocycles. The maximum atomic E-state index is 13.7. The van der Waals surface area contributed by atoms with Crippen molar-refractivity contribution in [3.63, 3.8) is 0 Å². The molecule has 5 heterocycles. The van der Waals surface area contributed by atoms with Crippen LogP contribution in [0.5, 0.6) is 0 Å². The zero-order chi connectivity index (χ0) is 102. The summed E-state index contributed by atoms with van der Waals surface area (Å²) in [6.45, 7) is 13.9. The van der Waals surface area contributed by atoms with Crippen molar-refractivity contribution in [1.82, 2.24) is 75.9 Å². The number of anilines is 6. The van der Waals surface area contributed by atoms with E-state index in [1.54, 1.807) is 137 Å². The smallest absolute Gasteiger partial charge is 0.345 e. The first kappa shape index (κ1) is 117. The molecule has 0 fully saturated rings. The summed E-state index contributed by atoms with van der Waals surface area (Å²) in [5.41, 5.74) is 33.2. The summed E-state index contributed by atoms with van der Waals surface area (Å²) in [5.74, 6) is 2.57. The summed E-state index contributed by atoms with van der Waals surface area (Å²) in [7, 11) is 3.26. The lowest BCUT2D eigenvalue weighted by Crippen LogP contribution is -2.37. The number of benzene rings is 6. The average Bonchev–Trinajstić information content (AvgIpc) is 0.821. The number of nitrogen functional groups attached to an aromatic ring is 5. The number of aliphatic hydroxyl groups excluding tert-OH is 1. The van der Waals surface area contributed by atoms with E-state index in [-0.39, 0.29) is 92.8 Å². The third-order valence-corrected chi connectivity index (χ3v) is 23.3. The number of alkyl halides is 4. The molecule has 1 atom stereocenters. The van der Waals surface area contributed by atoms with Crippen molar-refractivity contribution in [2.24, 2.45) is 16.2 Å². The summed E-state index contributed by atoms with van der Waals surface area (Å²) in [6.07, 6.45) is 3.20. The van der Waals surface area contributed by atoms with Crippen LogP contribution in [-0.2, 0) is 84.4 Å². The monoisotopic (exact) mass is 2130 g/mol. The molecular weight excluding hydrogens is 2030 g/mol. The van der Waals surface area contributed by atoms with Gasteiger partial charge in [-0.15, -0.1) is 51.0 Å². The molecule has 5 aromatic heterocycles. The first-order chi connectivity index (χ1) is 66.2. The molecule has 0 amide bonds. The number of nitrogens with zero attached hydrogens (tertiary/aromatic N) is 15. The molecule has 756 valence electrons. The first-order valence-corrected chi connectivity index (χ1v) is 46.7. The standard InChI is InChI=1S/C21H21Cl2FN4O2.C20H28Cl2N4O4.C18H25Cl2N5O2.C17H20Cl2F2N4O3.C15H16Cl2F2N4O/c1-21(11-29,12-30-10-13-5-2-3-8-16(13)24)9-17-26-20(25)19(28-27-17)14-6-4-7-15(22)18(14)23;1-20(12-29-9-7-27-2,13-30-10-8-28-3)11-16-24-19(23)18(26-25-16)14-5-4-6-15(21)17(14)22;1-4-8-26-9-10-27-11-18(2,3)23-17-22-16(21)15(24-25-17)12-6-5-7-13(19)14(12)20;18-12-4-1-3-11(14(12)19)15-16(22)23-13(24-25-15)5-2-6-26-7-8-27-9-10-28-17(20)21;1-15(2,7-24-14(18)19)6-10-21-13(20)12(23-22-10)8-4-3-5-9(16)11(8)17/h2-8,29H,9-12H2,1H3,(H2,25,26,27);4-6H,7-13H2,1-3H3,(H2,23,24,25);5-7H,4,8-11H2,1-3H3,(H3,21,22,23,25);1,3-4,17H,2,5-10H2,(H2,22,23,24);3-5,14H,6-7H2,1-2H3,(H2,20,21,22). The van der Waals surface area contributed by atoms with Gasteiger partial charge in [0.05, 0.1) is 168 Å². The number of ether oxygens (including phenoxy) is 11. The second-order valence-corrected chi connectivity index (χ2v) is 36.5. The number of hydrogen-bond acceptors (Lipinski definition) is 33. The zero-order valence-electron chi connectivity index (χ0n) is 77.5. The normalized spacial score (nSPS) is 12.0. The van der Waals surface area contributed by atoms with Crippen LogP contribution >= 0.6 is 116 Å². The Hall–Kier alpha value is -8.76. The first-order valence-electron chi connectivity index (χ1n) is 42.9. The van der Waals surface area contributed by atoms with Crippen LogP contribution < -0.4 is 34.0 Å². The Kier molecular flexibility index (Phi) is 50.6. The van der Waals surface area contributed by atoms with Gasteiger partial charge in [0.15, 0.2) is 52.4 Å². The van der Waals surface area contributed by atoms with Crippen LogP contribution in [0.25, 0.3) is 56.3 Å². The Morgan fingerprint density at radius 2 is 0.705 bits per heavy atom. The Morgan fingerprint density at radius 3 is 1.10 bits per heavy atom. The number of aromatic nitrogens is 15. The van der Waals surface area contributed by atoms with Gasteiger partial charge >= 0.3 is 13.2 Å². The largest absolute Gasteiger partial charge is 0.396 e. The van der Waals surface area contributed by atoms with Crippen LogP contribution in [0.2, 0.25) is 50.2 Å². The highest BCUT2D eigenvalue weighted by Crippen LogP contribution is 2.41. The molecule has 33 nitrogen and oxygen atoms in total. The molecule has 0 radical (unpaired) electrons. The van der Waals surface area contributed by atoms with Crippen LogP contribution in [0, 0.1) is 22.1 Å². The minimum atomic E-state index is -2.82. The molecule has 0 spiro atoms. The van der Waals surface area contributed by atoms with Crippen molar-refractivity contribution >= 4 is 151 Å². The number of nitrogens with one attached hydrogen (secondary N) is 1. The number of hydrogen-bond donors (Lipinski definition) is 7. The summed E-state index contributed by atoms with van der Waals surface area (Å²) >= 11 is 61.2. The Labute approximate surface area is 852 Å². The fourth-order valence-electron chi connectivity index (χ4n) is 12.3. The van der Waals surface area contributed by atoms with Crippen molar-refractivity contribution in [2.75, 3.05) is 167 Å². The second-order valence-electron chi connectivity index (χ2n) is 32.6. The van der Waals surface area contributed by atoms with E-state index in [4.69, 9.17) is 187 Å². The molecule has 0 saturated heterocycles. The van der Waals surface area contributed by atoms with Crippen LogP contribution in [-0.4, -0.2) is 233 Å². The van der Waals surface area contributed by atoms with Crippen molar-refractivity contribution < 1.29 is 79.2 Å². The molecular formula is C91H110Cl10F5N21O12. The lowest BCUT2D eigenvalue weighted by molar-refractivity contribution is -0.148. The zero-order valence-corrected chi connectivity index (χ0v) is 85.1. The molecule has 11 rings (SSSR count). The highest BCUT2D eigenvalue weighted by Gasteiger charge is 2.32. The predicted octanol–water partition coefficient (Wildman–Crippen LogP) is 19.6. The van der Waals surface area contributed by atoms with Crippen LogP contribution in [0.3, 0.4) is 0 Å². The highest BCUT2D eigenvalue weighted by atomic mass is 35.5. The van der Waals surface area contributed by atoms with E-state index in [0.29, 0.717) is 240 Å². The van der Waals surface area contributed by atoms with Gasteiger partial charge in [0.2, 0.25) is 5.95 Å². The minimum absolute atomic E-state index is 0.0927. The molecule has 48 heteroatoms. The average molecular weight is 2140 g/mol. The Morgan fingerprint density at radius 1 is 0.360 bits per heavy atom. The molecule has 6 aromatic carbocycles. The number of halogens is 15. The van der Waals surface area contributed by atoms with Gasteiger partial charge in [-0.25, -0.2) is 24.3 Å². The van der Waals surface area contributed by atoms with Crippen molar-refractivity contribution in [1.29, 1.82) is 0 Å². The topological polar surface area (TPSA) is 457 Å². The quantitative estimate of drug-likeness (QED) is 0.0137. The summed E-state index contributed by atoms with van der Waals surface area (Å²) in [5, 5.41) is 58.0. The van der Waals surface area contributed by atoms with Crippen molar-refractivity contribution in [3.8, 4) is 56.3 Å². The number of methoxy groups -OCH3 is 2. The molecule has 1 unspecified atom stereocenters. The summed E-state index contributed by atoms with van der Waals surface area (Å²) < 4.78 is 119. The predicted molar refractivity (Wildman–Crippen MR) is 532 cm³/mol. The summed E-state index contributed by atoms with van der Waals surface area (Å²) in [4.78, 5) is 21.5. The maximum Gasteiger partial charge on any atom is 0.345 e. The second kappa shape index (κ2) is 60.0. The van der Waals surface area contributed by atoms with E-state index in [0.717, 1.165) is 13.0 Å². The van der Waals surface area contributed by atoms with Gasteiger partial charge < -0.3 is 91.2 Å². The maximum absolute atomic E-state index is 13.7. The lowest BCUT2D eigenvalue weighted by Gasteiger charge is -2.28. The van der Waals surface area contributed by atoms with E-state index in [9.17, 15) is 27.1 Å². The van der Waals surface area contributed by atoms with Crippen molar-refractivity contribution in [2.45, 2.75) is 112 Å². The molecule has 0 bridgehead atoms.